The van der Waals surface area contributed by atoms with E-state index >= 15 is 0 Å². The van der Waals surface area contributed by atoms with E-state index in [4.69, 9.17) is 0 Å². The normalized spacial score (nSPS) is 13.7. The van der Waals surface area contributed by atoms with Gasteiger partial charge in [0.25, 0.3) is 0 Å². The van der Waals surface area contributed by atoms with Crippen LogP contribution in [0.25, 0.3) is 11.1 Å². The van der Waals surface area contributed by atoms with Crippen LogP contribution in [0, 0.1) is 5.92 Å². The molecule has 1 amide bonds. The lowest BCUT2D eigenvalue weighted by atomic mass is 10.0. The molecule has 0 N–H and O–H groups in total. The fourth-order valence-electron chi connectivity index (χ4n) is 2.71. The average molecular weight is 294 g/mol. The fourth-order valence-corrected chi connectivity index (χ4v) is 2.71. The van der Waals surface area contributed by atoms with E-state index in [1.165, 1.54) is 24.0 Å². The first kappa shape index (κ1) is 14.6. The minimum Gasteiger partial charge on any atom is -0.376 e. The largest absolute Gasteiger partial charge is 0.376 e. The van der Waals surface area contributed by atoms with Gasteiger partial charge in [-0.05, 0) is 42.0 Å². The van der Waals surface area contributed by atoms with E-state index in [-0.39, 0.29) is 0 Å². The van der Waals surface area contributed by atoms with Crippen molar-refractivity contribution < 1.29 is 4.79 Å². The van der Waals surface area contributed by atoms with E-state index in [1.807, 2.05) is 37.2 Å². The highest BCUT2D eigenvalue weighted by atomic mass is 16.1. The maximum absolute atomic E-state index is 11.5. The van der Waals surface area contributed by atoms with Gasteiger partial charge in [0.1, 0.15) is 0 Å². The third-order valence-corrected chi connectivity index (χ3v) is 4.15. The molecule has 2 aromatic rings. The minimum atomic E-state index is 0.675. The number of amides is 1. The monoisotopic (exact) mass is 294 g/mol. The van der Waals surface area contributed by atoms with E-state index < -0.39 is 0 Å². The van der Waals surface area contributed by atoms with Crippen molar-refractivity contribution in [2.75, 3.05) is 30.4 Å². The van der Waals surface area contributed by atoms with Crippen LogP contribution in [0.5, 0.6) is 0 Å². The number of anilines is 2. The van der Waals surface area contributed by atoms with Crippen molar-refractivity contribution in [2.24, 2.45) is 5.92 Å². The molecular formula is C19H22N2O. The summed E-state index contributed by atoms with van der Waals surface area (Å²) in [6.07, 6.45) is 3.44. The van der Waals surface area contributed by atoms with E-state index in [0.717, 1.165) is 24.3 Å². The number of benzene rings is 2. The molecule has 0 bridgehead atoms. The summed E-state index contributed by atoms with van der Waals surface area (Å²) in [6.45, 7) is 0.828. The molecule has 22 heavy (non-hydrogen) atoms. The van der Waals surface area contributed by atoms with Crippen molar-refractivity contribution in [2.45, 2.75) is 12.8 Å². The van der Waals surface area contributed by atoms with Gasteiger partial charge in [-0.2, -0.15) is 0 Å². The third kappa shape index (κ3) is 3.14. The molecule has 0 heterocycles. The maximum Gasteiger partial charge on any atom is 0.214 e. The highest BCUT2D eigenvalue weighted by Crippen LogP contribution is 2.36. The standard InChI is InChI=1S/C19H22N2O/c1-20(2)19-12-17(16-6-4-3-5-7-16)10-11-18(19)21(14-22)13-15-8-9-15/h3-7,10-12,14-15H,8-9,13H2,1-2H3. The molecule has 0 unspecified atom stereocenters. The van der Waals surface area contributed by atoms with Gasteiger partial charge >= 0.3 is 0 Å². The molecule has 0 spiro atoms. The van der Waals surface area contributed by atoms with E-state index in [9.17, 15) is 4.79 Å². The number of rotatable bonds is 6. The van der Waals surface area contributed by atoms with Crippen molar-refractivity contribution in [1.82, 2.24) is 0 Å². The molecule has 0 aliphatic heterocycles. The van der Waals surface area contributed by atoms with Gasteiger partial charge in [0.15, 0.2) is 0 Å². The molecule has 1 saturated carbocycles. The van der Waals surface area contributed by atoms with Crippen LogP contribution in [0.4, 0.5) is 11.4 Å². The summed E-state index contributed by atoms with van der Waals surface area (Å²) in [4.78, 5) is 15.4. The molecular weight excluding hydrogens is 272 g/mol. The lowest BCUT2D eigenvalue weighted by molar-refractivity contribution is -0.107. The Kier molecular flexibility index (Phi) is 4.14. The summed E-state index contributed by atoms with van der Waals surface area (Å²) in [6, 6.07) is 16.6. The Bertz CT molecular complexity index is 648. The van der Waals surface area contributed by atoms with Gasteiger partial charge < -0.3 is 9.80 Å². The van der Waals surface area contributed by atoms with Gasteiger partial charge in [0.2, 0.25) is 6.41 Å². The zero-order chi connectivity index (χ0) is 15.5. The topological polar surface area (TPSA) is 23.6 Å². The Morgan fingerprint density at radius 2 is 1.73 bits per heavy atom. The van der Waals surface area contributed by atoms with Gasteiger partial charge in [-0.25, -0.2) is 0 Å². The summed E-state index contributed by atoms with van der Waals surface area (Å²) in [5.41, 5.74) is 4.43. The summed E-state index contributed by atoms with van der Waals surface area (Å²) in [5.74, 6) is 0.675. The number of hydrogen-bond acceptors (Lipinski definition) is 2. The predicted octanol–water partition coefficient (Wildman–Crippen LogP) is 3.79. The first-order valence-corrected chi connectivity index (χ1v) is 7.78. The summed E-state index contributed by atoms with van der Waals surface area (Å²) >= 11 is 0. The van der Waals surface area contributed by atoms with Crippen molar-refractivity contribution >= 4 is 17.8 Å². The number of hydrogen-bond donors (Lipinski definition) is 0. The van der Waals surface area contributed by atoms with Crippen molar-refractivity contribution in [3.05, 3.63) is 48.5 Å². The van der Waals surface area contributed by atoms with Crippen LogP contribution >= 0.6 is 0 Å². The number of carbonyl (C=O) groups is 1. The summed E-state index contributed by atoms with van der Waals surface area (Å²) < 4.78 is 0. The molecule has 0 radical (unpaired) electrons. The van der Waals surface area contributed by atoms with E-state index in [0.29, 0.717) is 5.92 Å². The Morgan fingerprint density at radius 1 is 1.00 bits per heavy atom. The first-order chi connectivity index (χ1) is 10.7. The van der Waals surface area contributed by atoms with Crippen LogP contribution in [0.3, 0.4) is 0 Å². The second-order valence-corrected chi connectivity index (χ2v) is 6.17. The average Bonchev–Trinajstić information content (AvgIpc) is 3.37. The molecule has 0 saturated heterocycles. The van der Waals surface area contributed by atoms with Crippen LogP contribution in [0.2, 0.25) is 0 Å². The Balaban J connectivity index is 1.98. The molecule has 1 aliphatic carbocycles. The van der Waals surface area contributed by atoms with E-state index in [1.54, 1.807) is 0 Å². The second kappa shape index (κ2) is 6.22. The Morgan fingerprint density at radius 3 is 2.32 bits per heavy atom. The molecule has 0 atom stereocenters. The van der Waals surface area contributed by atoms with Crippen LogP contribution < -0.4 is 9.80 Å². The first-order valence-electron chi connectivity index (χ1n) is 7.78. The minimum absolute atomic E-state index is 0.675. The molecule has 3 rings (SSSR count). The maximum atomic E-state index is 11.5. The van der Waals surface area contributed by atoms with Gasteiger partial charge in [-0.1, -0.05) is 36.4 Å². The molecule has 2 aromatic carbocycles. The Labute approximate surface area is 132 Å². The fraction of sp³-hybridized carbons (Fsp3) is 0.316. The molecule has 1 aliphatic rings. The van der Waals surface area contributed by atoms with Crippen LogP contribution in [-0.4, -0.2) is 27.1 Å². The number of nitrogens with zero attached hydrogens (tertiary/aromatic N) is 2. The quantitative estimate of drug-likeness (QED) is 0.757. The molecule has 114 valence electrons. The summed E-state index contributed by atoms with van der Waals surface area (Å²) in [7, 11) is 4.04. The van der Waals surface area contributed by atoms with Crippen molar-refractivity contribution in [3.63, 3.8) is 0 Å². The van der Waals surface area contributed by atoms with Gasteiger partial charge in [-0.15, -0.1) is 0 Å². The highest BCUT2D eigenvalue weighted by molar-refractivity contribution is 5.86. The molecule has 0 aromatic heterocycles. The zero-order valence-corrected chi connectivity index (χ0v) is 13.2. The van der Waals surface area contributed by atoms with Gasteiger partial charge in [0.05, 0.1) is 11.4 Å². The van der Waals surface area contributed by atoms with Gasteiger partial charge in [-0.3, -0.25) is 4.79 Å². The SMILES string of the molecule is CN(C)c1cc(-c2ccccc2)ccc1N(C=O)CC1CC1. The summed E-state index contributed by atoms with van der Waals surface area (Å²) in [5, 5.41) is 0. The second-order valence-electron chi connectivity index (χ2n) is 6.17. The lowest BCUT2D eigenvalue weighted by Crippen LogP contribution is -2.26. The Hall–Kier alpha value is -2.29. The van der Waals surface area contributed by atoms with Crippen LogP contribution in [-0.2, 0) is 4.79 Å². The smallest absolute Gasteiger partial charge is 0.214 e. The van der Waals surface area contributed by atoms with Crippen molar-refractivity contribution in [3.8, 4) is 11.1 Å². The highest BCUT2D eigenvalue weighted by Gasteiger charge is 2.25. The number of carbonyl (C=O) groups excluding carboxylic acids is 1. The molecule has 3 nitrogen and oxygen atoms in total. The van der Waals surface area contributed by atoms with Crippen LogP contribution in [0.1, 0.15) is 12.8 Å². The third-order valence-electron chi connectivity index (χ3n) is 4.15. The van der Waals surface area contributed by atoms with E-state index in [2.05, 4.69) is 35.2 Å². The predicted molar refractivity (Wildman–Crippen MR) is 92.3 cm³/mol. The van der Waals surface area contributed by atoms with Crippen molar-refractivity contribution in [1.29, 1.82) is 0 Å². The zero-order valence-electron chi connectivity index (χ0n) is 13.2. The molecule has 3 heteroatoms. The van der Waals surface area contributed by atoms with Crippen LogP contribution in [0.15, 0.2) is 48.5 Å². The van der Waals surface area contributed by atoms with Gasteiger partial charge in [0, 0.05) is 20.6 Å². The lowest BCUT2D eigenvalue weighted by Gasteiger charge is -2.25. The molecule has 1 fully saturated rings.